The number of carbonyl (C=O) groups is 2. The van der Waals surface area contributed by atoms with E-state index >= 15 is 0 Å². The Bertz CT molecular complexity index is 313. The first-order valence-corrected chi connectivity index (χ1v) is 5.66. The van der Waals surface area contributed by atoms with Crippen molar-refractivity contribution in [2.24, 2.45) is 11.3 Å². The van der Waals surface area contributed by atoms with E-state index in [4.69, 9.17) is 9.84 Å². The summed E-state index contributed by atoms with van der Waals surface area (Å²) in [6.45, 7) is 2.96. The van der Waals surface area contributed by atoms with Crippen molar-refractivity contribution in [3.8, 4) is 0 Å². The Hall–Kier alpha value is -1.26. The van der Waals surface area contributed by atoms with Crippen molar-refractivity contribution in [3.63, 3.8) is 0 Å². The van der Waals surface area contributed by atoms with Crippen molar-refractivity contribution >= 4 is 12.1 Å². The molecule has 5 nitrogen and oxygen atoms in total. The second-order valence-corrected chi connectivity index (χ2v) is 5.06. The number of nitrogens with zero attached hydrogens (tertiary/aromatic N) is 1. The van der Waals surface area contributed by atoms with E-state index in [1.165, 1.54) is 4.90 Å². The van der Waals surface area contributed by atoms with Crippen LogP contribution in [0.2, 0.25) is 0 Å². The van der Waals surface area contributed by atoms with Crippen LogP contribution >= 0.6 is 0 Å². The largest absolute Gasteiger partial charge is 0.465 e. The van der Waals surface area contributed by atoms with Gasteiger partial charge in [0, 0.05) is 13.1 Å². The van der Waals surface area contributed by atoms with E-state index in [-0.39, 0.29) is 12.5 Å². The number of likely N-dealkylation sites (tertiary alicyclic amines) is 1. The maximum atomic E-state index is 11.8. The van der Waals surface area contributed by atoms with Gasteiger partial charge < -0.3 is 14.7 Å². The molecule has 2 rings (SSSR count). The predicted molar refractivity (Wildman–Crippen MR) is 56.0 cm³/mol. The average molecular weight is 227 g/mol. The Balaban J connectivity index is 1.86. The van der Waals surface area contributed by atoms with Crippen LogP contribution in [-0.2, 0) is 9.53 Å². The standard InChI is InChI=1S/C11H17NO4/c1-11(4-5-12(7-11)10(14)15)9(13)16-6-8-2-3-8/h8H,2-7H2,1H3,(H,14,15). The van der Waals surface area contributed by atoms with E-state index in [1.54, 1.807) is 6.92 Å². The highest BCUT2D eigenvalue weighted by atomic mass is 16.5. The van der Waals surface area contributed by atoms with E-state index < -0.39 is 11.5 Å². The Kier molecular flexibility index (Phi) is 2.78. The summed E-state index contributed by atoms with van der Waals surface area (Å²) in [4.78, 5) is 23.9. The van der Waals surface area contributed by atoms with Crippen LogP contribution in [-0.4, -0.2) is 41.8 Å². The van der Waals surface area contributed by atoms with Crippen LogP contribution in [0.4, 0.5) is 4.79 Å². The van der Waals surface area contributed by atoms with E-state index in [9.17, 15) is 9.59 Å². The number of amides is 1. The predicted octanol–water partition coefficient (Wildman–Crippen LogP) is 1.33. The second-order valence-electron chi connectivity index (χ2n) is 5.06. The summed E-state index contributed by atoms with van der Waals surface area (Å²) in [6, 6.07) is 0. The molecule has 0 aromatic heterocycles. The van der Waals surface area contributed by atoms with Crippen LogP contribution in [0.1, 0.15) is 26.2 Å². The highest BCUT2D eigenvalue weighted by molar-refractivity contribution is 5.78. The fraction of sp³-hybridized carbons (Fsp3) is 0.818. The number of carboxylic acid groups (broad SMARTS) is 1. The van der Waals surface area contributed by atoms with Gasteiger partial charge in [0.1, 0.15) is 0 Å². The zero-order valence-corrected chi connectivity index (χ0v) is 9.44. The fourth-order valence-electron chi connectivity index (χ4n) is 1.94. The fourth-order valence-corrected chi connectivity index (χ4v) is 1.94. The van der Waals surface area contributed by atoms with Gasteiger partial charge in [-0.3, -0.25) is 4.79 Å². The van der Waals surface area contributed by atoms with Crippen LogP contribution in [0.5, 0.6) is 0 Å². The minimum atomic E-state index is -0.960. The molecule has 1 aliphatic carbocycles. The lowest BCUT2D eigenvalue weighted by molar-refractivity contribution is -0.154. The van der Waals surface area contributed by atoms with Crippen LogP contribution in [0.3, 0.4) is 0 Å². The summed E-state index contributed by atoms with van der Waals surface area (Å²) >= 11 is 0. The molecule has 1 amide bonds. The summed E-state index contributed by atoms with van der Waals surface area (Å²) in [5, 5.41) is 8.83. The van der Waals surface area contributed by atoms with Gasteiger partial charge in [-0.2, -0.15) is 0 Å². The first-order valence-electron chi connectivity index (χ1n) is 5.66. The highest BCUT2D eigenvalue weighted by Crippen LogP contribution is 2.33. The number of rotatable bonds is 3. The lowest BCUT2D eigenvalue weighted by Gasteiger charge is -2.21. The molecule has 90 valence electrons. The minimum Gasteiger partial charge on any atom is -0.465 e. The third-order valence-electron chi connectivity index (χ3n) is 3.38. The monoisotopic (exact) mass is 227 g/mol. The normalized spacial score (nSPS) is 29.2. The smallest absolute Gasteiger partial charge is 0.407 e. The van der Waals surface area contributed by atoms with Crippen LogP contribution < -0.4 is 0 Å². The summed E-state index contributed by atoms with van der Waals surface area (Å²) < 4.78 is 5.22. The highest BCUT2D eigenvalue weighted by Gasteiger charge is 2.43. The molecular weight excluding hydrogens is 210 g/mol. The zero-order chi connectivity index (χ0) is 11.8. The molecule has 1 saturated heterocycles. The lowest BCUT2D eigenvalue weighted by atomic mass is 9.90. The topological polar surface area (TPSA) is 66.8 Å². The third-order valence-corrected chi connectivity index (χ3v) is 3.38. The third kappa shape index (κ3) is 2.28. The molecule has 1 aliphatic heterocycles. The number of hydrogen-bond acceptors (Lipinski definition) is 3. The molecule has 2 fully saturated rings. The van der Waals surface area contributed by atoms with Crippen molar-refractivity contribution in [1.29, 1.82) is 0 Å². The van der Waals surface area contributed by atoms with Crippen molar-refractivity contribution in [3.05, 3.63) is 0 Å². The number of esters is 1. The van der Waals surface area contributed by atoms with E-state index in [0.717, 1.165) is 12.8 Å². The maximum absolute atomic E-state index is 11.8. The quantitative estimate of drug-likeness (QED) is 0.738. The molecule has 5 heteroatoms. The van der Waals surface area contributed by atoms with Gasteiger partial charge in [0.05, 0.1) is 12.0 Å². The van der Waals surface area contributed by atoms with E-state index in [1.807, 2.05) is 0 Å². The SMILES string of the molecule is CC1(C(=O)OCC2CC2)CCN(C(=O)O)C1. The first-order chi connectivity index (χ1) is 7.51. The lowest BCUT2D eigenvalue weighted by Crippen LogP contribution is -2.35. The van der Waals surface area contributed by atoms with E-state index in [2.05, 4.69) is 0 Å². The molecule has 0 bridgehead atoms. The van der Waals surface area contributed by atoms with Gasteiger partial charge in [0.25, 0.3) is 0 Å². The molecule has 0 aromatic rings. The van der Waals surface area contributed by atoms with Gasteiger partial charge in [-0.15, -0.1) is 0 Å². The molecule has 2 aliphatic rings. The van der Waals surface area contributed by atoms with Gasteiger partial charge in [-0.1, -0.05) is 0 Å². The van der Waals surface area contributed by atoms with Crippen molar-refractivity contribution in [1.82, 2.24) is 4.90 Å². The minimum absolute atomic E-state index is 0.247. The van der Waals surface area contributed by atoms with Crippen LogP contribution in [0.15, 0.2) is 0 Å². The zero-order valence-electron chi connectivity index (χ0n) is 9.44. The Morgan fingerprint density at radius 3 is 2.69 bits per heavy atom. The summed E-state index contributed by atoms with van der Waals surface area (Å²) in [5.41, 5.74) is -0.646. The molecule has 16 heavy (non-hydrogen) atoms. The van der Waals surface area contributed by atoms with Gasteiger partial charge in [-0.05, 0) is 32.1 Å². The summed E-state index contributed by atoms with van der Waals surface area (Å²) in [7, 11) is 0. The Morgan fingerprint density at radius 2 is 2.19 bits per heavy atom. The maximum Gasteiger partial charge on any atom is 0.407 e. The number of hydrogen-bond donors (Lipinski definition) is 1. The molecule has 1 heterocycles. The van der Waals surface area contributed by atoms with Gasteiger partial charge >= 0.3 is 12.1 Å². The van der Waals surface area contributed by atoms with Crippen molar-refractivity contribution < 1.29 is 19.4 Å². The molecule has 1 atom stereocenters. The van der Waals surface area contributed by atoms with Crippen molar-refractivity contribution in [2.45, 2.75) is 26.2 Å². The number of ether oxygens (including phenoxy) is 1. The Labute approximate surface area is 94.4 Å². The van der Waals surface area contributed by atoms with Gasteiger partial charge in [-0.25, -0.2) is 4.79 Å². The molecule has 1 unspecified atom stereocenters. The van der Waals surface area contributed by atoms with E-state index in [0.29, 0.717) is 25.5 Å². The summed E-state index contributed by atoms with van der Waals surface area (Å²) in [6.07, 6.45) is 1.89. The molecule has 1 saturated carbocycles. The van der Waals surface area contributed by atoms with Crippen LogP contribution in [0, 0.1) is 11.3 Å². The molecule has 0 aromatic carbocycles. The molecule has 1 N–H and O–H groups in total. The number of carbonyl (C=O) groups excluding carboxylic acids is 1. The second kappa shape index (κ2) is 3.96. The Morgan fingerprint density at radius 1 is 1.50 bits per heavy atom. The van der Waals surface area contributed by atoms with Gasteiger partial charge in [0.15, 0.2) is 0 Å². The molecule has 0 radical (unpaired) electrons. The van der Waals surface area contributed by atoms with Crippen molar-refractivity contribution in [2.75, 3.05) is 19.7 Å². The average Bonchev–Trinajstić information content (AvgIpc) is 2.97. The molecule has 0 spiro atoms. The summed E-state index contributed by atoms with van der Waals surface area (Å²) in [5.74, 6) is 0.299. The molecular formula is C11H17NO4. The first kappa shape index (κ1) is 11.2. The van der Waals surface area contributed by atoms with Crippen LogP contribution in [0.25, 0.3) is 0 Å². The van der Waals surface area contributed by atoms with Gasteiger partial charge in [0.2, 0.25) is 0 Å².